The van der Waals surface area contributed by atoms with Crippen molar-refractivity contribution in [1.82, 2.24) is 19.7 Å². The second kappa shape index (κ2) is 7.00. The fourth-order valence-electron chi connectivity index (χ4n) is 3.02. The highest BCUT2D eigenvalue weighted by atomic mass is 31.2. The second-order valence-electron chi connectivity index (χ2n) is 6.61. The third-order valence-electron chi connectivity index (χ3n) is 4.36. The first-order chi connectivity index (χ1) is 14.2. The highest BCUT2D eigenvalue weighted by molar-refractivity contribution is 7.53. The molecule has 4 rings (SSSR count). The minimum absolute atomic E-state index is 0.00689. The summed E-state index contributed by atoms with van der Waals surface area (Å²) in [5.74, 6) is -0.620. The van der Waals surface area contributed by atoms with Crippen LogP contribution in [0.25, 0.3) is 11.3 Å². The van der Waals surface area contributed by atoms with Crippen molar-refractivity contribution in [2.75, 3.05) is 12.4 Å². The predicted octanol–water partition coefficient (Wildman–Crippen LogP) is 3.20. The summed E-state index contributed by atoms with van der Waals surface area (Å²) in [5.41, 5.74) is 6.60. The number of aryl methyl sites for hydroxylation is 1. The van der Waals surface area contributed by atoms with Gasteiger partial charge in [-0.3, -0.25) is 4.68 Å². The topological polar surface area (TPSA) is 138 Å². The van der Waals surface area contributed by atoms with E-state index in [1.165, 1.54) is 36.7 Å². The molecule has 0 saturated heterocycles. The van der Waals surface area contributed by atoms with Crippen LogP contribution in [0.15, 0.2) is 24.4 Å². The lowest BCUT2D eigenvalue weighted by molar-refractivity contribution is 0.214. The Hall–Kier alpha value is -3.64. The SMILES string of the molecule is C[C@H]1Oc2nc(cnc2N)-c2c(nn(C)c2C#N)OP(C)(=O)Oc2ccc(F)cc21. The third kappa shape index (κ3) is 3.42. The highest BCUT2D eigenvalue weighted by Gasteiger charge is 2.31. The van der Waals surface area contributed by atoms with Gasteiger partial charge in [0.1, 0.15) is 35.0 Å². The molecule has 2 atom stereocenters. The number of nitrogens with two attached hydrogens (primary N) is 1. The molecule has 1 aliphatic heterocycles. The summed E-state index contributed by atoms with van der Waals surface area (Å²) < 4.78 is 45.3. The summed E-state index contributed by atoms with van der Waals surface area (Å²) in [6.07, 6.45) is 0.532. The van der Waals surface area contributed by atoms with Gasteiger partial charge in [0.05, 0.1) is 12.9 Å². The number of aromatic nitrogens is 4. The molecule has 1 aromatic carbocycles. The van der Waals surface area contributed by atoms with Gasteiger partial charge in [0, 0.05) is 12.6 Å². The minimum atomic E-state index is -3.81. The van der Waals surface area contributed by atoms with E-state index in [0.29, 0.717) is 0 Å². The molecule has 1 aliphatic rings. The van der Waals surface area contributed by atoms with E-state index in [9.17, 15) is 14.2 Å². The van der Waals surface area contributed by atoms with Gasteiger partial charge in [-0.25, -0.2) is 18.9 Å². The summed E-state index contributed by atoms with van der Waals surface area (Å²) in [5, 5.41) is 13.7. The van der Waals surface area contributed by atoms with Crippen LogP contribution in [0.2, 0.25) is 0 Å². The van der Waals surface area contributed by atoms with Crippen LogP contribution in [0.5, 0.6) is 17.5 Å². The summed E-state index contributed by atoms with van der Waals surface area (Å²) in [6.45, 7) is 2.86. The number of hydrogen-bond acceptors (Lipinski definition) is 9. The highest BCUT2D eigenvalue weighted by Crippen LogP contribution is 2.49. The summed E-state index contributed by atoms with van der Waals surface area (Å²) >= 11 is 0. The first-order valence-corrected chi connectivity index (χ1v) is 10.7. The van der Waals surface area contributed by atoms with Crippen molar-refractivity contribution in [2.24, 2.45) is 7.05 Å². The Morgan fingerprint density at radius 3 is 2.83 bits per heavy atom. The van der Waals surface area contributed by atoms with Crippen molar-refractivity contribution in [3.05, 3.63) is 41.5 Å². The van der Waals surface area contributed by atoms with E-state index in [1.807, 2.05) is 6.07 Å². The van der Waals surface area contributed by atoms with Crippen LogP contribution in [0, 0.1) is 17.1 Å². The van der Waals surface area contributed by atoms with E-state index >= 15 is 0 Å². The number of nitrogens with zero attached hydrogens (tertiary/aromatic N) is 5. The van der Waals surface area contributed by atoms with Gasteiger partial charge in [-0.1, -0.05) is 0 Å². The molecule has 2 aromatic heterocycles. The molecule has 0 aliphatic carbocycles. The molecule has 0 spiro atoms. The third-order valence-corrected chi connectivity index (χ3v) is 5.39. The number of ether oxygens (including phenoxy) is 1. The van der Waals surface area contributed by atoms with Crippen LogP contribution in [0.3, 0.4) is 0 Å². The predicted molar refractivity (Wildman–Crippen MR) is 104 cm³/mol. The van der Waals surface area contributed by atoms with Crippen molar-refractivity contribution in [2.45, 2.75) is 13.0 Å². The monoisotopic (exact) mass is 430 g/mol. The van der Waals surface area contributed by atoms with Gasteiger partial charge in [-0.15, -0.1) is 5.10 Å². The Labute approximate surface area is 170 Å². The lowest BCUT2D eigenvalue weighted by atomic mass is 10.1. The van der Waals surface area contributed by atoms with Gasteiger partial charge < -0.3 is 19.5 Å². The average molecular weight is 430 g/mol. The molecule has 12 heteroatoms. The molecule has 0 radical (unpaired) electrons. The molecule has 3 heterocycles. The largest absolute Gasteiger partial charge is 0.467 e. The van der Waals surface area contributed by atoms with Gasteiger partial charge in [-0.05, 0) is 25.1 Å². The van der Waals surface area contributed by atoms with E-state index in [1.54, 1.807) is 6.92 Å². The van der Waals surface area contributed by atoms with E-state index in [-0.39, 0.29) is 45.8 Å². The molecule has 154 valence electrons. The fraction of sp³-hybridized carbons (Fsp3) is 0.222. The van der Waals surface area contributed by atoms with Gasteiger partial charge in [0.25, 0.3) is 11.8 Å². The molecule has 3 aromatic rings. The van der Waals surface area contributed by atoms with Crippen LogP contribution >= 0.6 is 7.60 Å². The molecule has 2 bridgehead atoms. The molecular formula is C18H16FN6O4P. The summed E-state index contributed by atoms with van der Waals surface area (Å²) in [7, 11) is -2.28. The number of nitrogen functional groups attached to an aromatic ring is 1. The van der Waals surface area contributed by atoms with Crippen molar-refractivity contribution >= 4 is 13.4 Å². The number of rotatable bonds is 0. The normalized spacial score (nSPS) is 20.2. The Morgan fingerprint density at radius 2 is 2.10 bits per heavy atom. The number of halogens is 1. The maximum Gasteiger partial charge on any atom is 0.428 e. The standard InChI is InChI=1S/C18H16FN6O4P/c1-9-11-6-10(19)4-5-14(11)28-30(3,26)29-17-15(13(7-20)25(2)24-17)12-8-22-16(21)18(23-12)27-9/h4-6,8-9H,1-3H3,(H2,21,22)/t9-,30?/m1/s1. The average Bonchev–Trinajstić information content (AvgIpc) is 2.98. The van der Waals surface area contributed by atoms with E-state index in [2.05, 4.69) is 15.1 Å². The molecule has 0 amide bonds. The smallest absolute Gasteiger partial charge is 0.428 e. The Kier molecular flexibility index (Phi) is 4.59. The molecule has 0 fully saturated rings. The molecule has 1 unspecified atom stereocenters. The lowest BCUT2D eigenvalue weighted by Crippen LogP contribution is -2.11. The number of nitriles is 1. The number of anilines is 1. The summed E-state index contributed by atoms with van der Waals surface area (Å²) in [6, 6.07) is 5.68. The van der Waals surface area contributed by atoms with Gasteiger partial charge >= 0.3 is 7.60 Å². The first-order valence-electron chi connectivity index (χ1n) is 8.71. The van der Waals surface area contributed by atoms with E-state index < -0.39 is 19.5 Å². The maximum absolute atomic E-state index is 13.9. The number of fused-ring (bicyclic) bond motifs is 5. The van der Waals surface area contributed by atoms with Crippen molar-refractivity contribution in [1.29, 1.82) is 5.26 Å². The van der Waals surface area contributed by atoms with E-state index in [0.717, 1.165) is 6.07 Å². The fourth-order valence-corrected chi connectivity index (χ4v) is 4.02. The van der Waals surface area contributed by atoms with Crippen LogP contribution in [-0.2, 0) is 11.6 Å². The van der Waals surface area contributed by atoms with Crippen LogP contribution in [-0.4, -0.2) is 26.4 Å². The van der Waals surface area contributed by atoms with Gasteiger partial charge in [0.15, 0.2) is 11.5 Å². The number of benzene rings is 1. The van der Waals surface area contributed by atoms with E-state index in [4.69, 9.17) is 19.5 Å². The Balaban J connectivity index is 1.98. The molecule has 10 nitrogen and oxygen atoms in total. The van der Waals surface area contributed by atoms with Crippen molar-refractivity contribution in [3.63, 3.8) is 0 Å². The Bertz CT molecular complexity index is 1250. The van der Waals surface area contributed by atoms with Gasteiger partial charge in [0.2, 0.25) is 0 Å². The van der Waals surface area contributed by atoms with Crippen LogP contribution in [0.1, 0.15) is 24.3 Å². The molecule has 30 heavy (non-hydrogen) atoms. The number of hydrogen-bond donors (Lipinski definition) is 1. The van der Waals surface area contributed by atoms with Gasteiger partial charge in [-0.2, -0.15) is 5.26 Å². The van der Waals surface area contributed by atoms with Crippen LogP contribution < -0.4 is 19.5 Å². The molecule has 0 saturated carbocycles. The zero-order valence-electron chi connectivity index (χ0n) is 16.2. The second-order valence-corrected chi connectivity index (χ2v) is 8.51. The van der Waals surface area contributed by atoms with Crippen molar-refractivity contribution in [3.8, 4) is 34.8 Å². The quantitative estimate of drug-likeness (QED) is 0.533. The molecular weight excluding hydrogens is 414 g/mol. The Morgan fingerprint density at radius 1 is 1.33 bits per heavy atom. The zero-order valence-corrected chi connectivity index (χ0v) is 17.1. The van der Waals surface area contributed by atoms with Crippen molar-refractivity contribution < 1.29 is 22.7 Å². The summed E-state index contributed by atoms with van der Waals surface area (Å²) in [4.78, 5) is 8.41. The first kappa shape index (κ1) is 19.7. The maximum atomic E-state index is 13.9. The zero-order chi connectivity index (χ0) is 21.6. The molecule has 2 N–H and O–H groups in total. The minimum Gasteiger partial charge on any atom is -0.467 e. The van der Waals surface area contributed by atoms with Crippen LogP contribution in [0.4, 0.5) is 10.2 Å². The lowest BCUT2D eigenvalue weighted by Gasteiger charge is -2.22.